The number of halogens is 2. The maximum absolute atomic E-state index is 13.9. The molecule has 0 bridgehead atoms. The average Bonchev–Trinajstić information content (AvgIpc) is 2.91. The van der Waals surface area contributed by atoms with E-state index in [0.717, 1.165) is 23.3 Å². The predicted molar refractivity (Wildman–Crippen MR) is 132 cm³/mol. The number of benzene rings is 4. The first kappa shape index (κ1) is 25.4. The zero-order chi connectivity index (χ0) is 25.3. The fourth-order valence-corrected chi connectivity index (χ4v) is 3.37. The molecule has 0 atom stereocenters. The van der Waals surface area contributed by atoms with Crippen molar-refractivity contribution in [1.29, 1.82) is 0 Å². The summed E-state index contributed by atoms with van der Waals surface area (Å²) in [5, 5.41) is 21.0. The summed E-state index contributed by atoms with van der Waals surface area (Å²) in [6.45, 7) is 0.335. The van der Waals surface area contributed by atoms with Crippen molar-refractivity contribution in [2.75, 3.05) is 0 Å². The lowest BCUT2D eigenvalue weighted by Crippen LogP contribution is -2.41. The highest BCUT2D eigenvalue weighted by molar-refractivity contribution is 6.63. The van der Waals surface area contributed by atoms with Crippen LogP contribution in [-0.2, 0) is 22.8 Å². The second kappa shape index (κ2) is 12.3. The average molecular weight is 490 g/mol. The number of rotatable bonds is 11. The summed E-state index contributed by atoms with van der Waals surface area (Å²) < 4.78 is 39.2. The molecule has 182 valence electrons. The van der Waals surface area contributed by atoms with Crippen LogP contribution in [-0.4, -0.2) is 24.3 Å². The van der Waals surface area contributed by atoms with Crippen molar-refractivity contribution >= 4 is 25.2 Å². The van der Waals surface area contributed by atoms with Crippen LogP contribution in [0.1, 0.15) is 11.1 Å². The Morgan fingerprint density at radius 3 is 1.33 bits per heavy atom. The van der Waals surface area contributed by atoms with Crippen molar-refractivity contribution in [3.63, 3.8) is 0 Å². The number of hydrogen-bond donors (Lipinski definition) is 2. The van der Waals surface area contributed by atoms with E-state index in [0.29, 0.717) is 0 Å². The van der Waals surface area contributed by atoms with E-state index in [4.69, 9.17) is 19.1 Å². The van der Waals surface area contributed by atoms with E-state index in [1.54, 1.807) is 0 Å². The minimum atomic E-state index is -1.82. The molecule has 0 saturated heterocycles. The Morgan fingerprint density at radius 1 is 0.556 bits per heavy atom. The second-order valence-electron chi connectivity index (χ2n) is 7.81. The molecule has 36 heavy (non-hydrogen) atoms. The molecule has 0 aliphatic carbocycles. The van der Waals surface area contributed by atoms with Crippen LogP contribution >= 0.6 is 0 Å². The molecule has 6 nitrogen and oxygen atoms in total. The summed E-state index contributed by atoms with van der Waals surface area (Å²) in [5.74, 6) is -0.962. The van der Waals surface area contributed by atoms with Gasteiger partial charge < -0.3 is 19.5 Å². The van der Waals surface area contributed by atoms with Crippen molar-refractivity contribution < 1.29 is 37.9 Å². The van der Waals surface area contributed by atoms with E-state index < -0.39 is 25.9 Å². The summed E-state index contributed by atoms with van der Waals surface area (Å²) in [4.78, 5) is 9.86. The molecule has 0 unspecified atom stereocenters. The Kier molecular flexibility index (Phi) is 8.70. The minimum absolute atomic E-state index is 0.0575. The Balaban J connectivity index is 1.42. The lowest BCUT2D eigenvalue weighted by Gasteiger charge is -2.16. The van der Waals surface area contributed by atoms with E-state index >= 15 is 0 Å². The van der Waals surface area contributed by atoms with Crippen LogP contribution in [0.15, 0.2) is 97.1 Å². The first-order valence-corrected chi connectivity index (χ1v) is 11.1. The molecule has 0 fully saturated rings. The van der Waals surface area contributed by atoms with Crippen molar-refractivity contribution in [3.05, 3.63) is 120 Å². The monoisotopic (exact) mass is 490 g/mol. The molecule has 0 spiro atoms. The van der Waals surface area contributed by atoms with Crippen LogP contribution < -0.4 is 20.4 Å². The van der Waals surface area contributed by atoms with Gasteiger partial charge in [0.25, 0.3) is 0 Å². The van der Waals surface area contributed by atoms with Gasteiger partial charge in [0.2, 0.25) is 0 Å². The van der Waals surface area contributed by atoms with Crippen LogP contribution in [0.4, 0.5) is 8.78 Å². The van der Waals surface area contributed by atoms with Crippen LogP contribution in [0.5, 0.6) is 11.5 Å². The Morgan fingerprint density at radius 2 is 0.944 bits per heavy atom. The standard InChI is InChI=1S/C26H22B2F2O6/c29-21-11-13-25(33-17-19-7-3-1-4-8-19)23(15-21)27(31)35-36-28(32)24-16-22(30)12-14-26(24)34-18-20-9-5-2-6-10-20/h1-16,31-32H,17-18H2. The second-order valence-corrected chi connectivity index (χ2v) is 7.81. The van der Waals surface area contributed by atoms with Crippen LogP contribution in [0.3, 0.4) is 0 Å². The minimum Gasteiger partial charge on any atom is -0.489 e. The molecule has 0 aliphatic heterocycles. The van der Waals surface area contributed by atoms with Gasteiger partial charge in [0.15, 0.2) is 0 Å². The molecule has 4 rings (SSSR count). The first-order valence-electron chi connectivity index (χ1n) is 11.1. The predicted octanol–water partition coefficient (Wildman–Crippen LogP) is 3.15. The molecule has 0 amide bonds. The van der Waals surface area contributed by atoms with Crippen molar-refractivity contribution in [2.45, 2.75) is 13.2 Å². The Labute approximate surface area is 207 Å². The van der Waals surface area contributed by atoms with Crippen molar-refractivity contribution in [3.8, 4) is 11.5 Å². The zero-order valence-electron chi connectivity index (χ0n) is 19.1. The van der Waals surface area contributed by atoms with Gasteiger partial charge in [-0.05, 0) is 47.5 Å². The quantitative estimate of drug-likeness (QED) is 0.191. The van der Waals surface area contributed by atoms with Gasteiger partial charge in [-0.1, -0.05) is 60.7 Å². The van der Waals surface area contributed by atoms with Gasteiger partial charge in [-0.25, -0.2) is 8.78 Å². The third kappa shape index (κ3) is 6.93. The topological polar surface area (TPSA) is 77.4 Å². The smallest absolute Gasteiger partial charge is 0.489 e. The van der Waals surface area contributed by atoms with Crippen molar-refractivity contribution in [1.82, 2.24) is 0 Å². The van der Waals surface area contributed by atoms with E-state index in [-0.39, 0.29) is 35.6 Å². The van der Waals surface area contributed by atoms with E-state index in [1.807, 2.05) is 60.7 Å². The largest absolute Gasteiger partial charge is 0.524 e. The summed E-state index contributed by atoms with van der Waals surface area (Å²) in [6, 6.07) is 25.6. The molecule has 0 heterocycles. The first-order chi connectivity index (χ1) is 17.5. The molecule has 2 N–H and O–H groups in total. The Bertz CT molecular complexity index is 1170. The summed E-state index contributed by atoms with van der Waals surface area (Å²) in [7, 11) is -3.63. The normalized spacial score (nSPS) is 10.7. The van der Waals surface area contributed by atoms with Gasteiger partial charge >= 0.3 is 14.2 Å². The van der Waals surface area contributed by atoms with Gasteiger partial charge in [-0.15, -0.1) is 0 Å². The fourth-order valence-electron chi connectivity index (χ4n) is 3.37. The van der Waals surface area contributed by atoms with Gasteiger partial charge in [0, 0.05) is 10.9 Å². The van der Waals surface area contributed by atoms with E-state index in [1.165, 1.54) is 24.3 Å². The molecule has 4 aromatic carbocycles. The maximum atomic E-state index is 13.9. The van der Waals surface area contributed by atoms with Gasteiger partial charge in [0.1, 0.15) is 36.3 Å². The Hall–Kier alpha value is -3.69. The molecule has 0 saturated carbocycles. The molecule has 4 aromatic rings. The number of ether oxygens (including phenoxy) is 2. The van der Waals surface area contributed by atoms with Crippen molar-refractivity contribution in [2.24, 2.45) is 0 Å². The van der Waals surface area contributed by atoms with Gasteiger partial charge in [-0.2, -0.15) is 0 Å². The summed E-state index contributed by atoms with van der Waals surface area (Å²) in [5.41, 5.74) is 1.61. The SMILES string of the molecule is OB(OOB(O)c1cc(F)ccc1OCc1ccccc1)c1cc(F)ccc1OCc1ccccc1. The summed E-state index contributed by atoms with van der Waals surface area (Å²) in [6.07, 6.45) is 0. The third-order valence-electron chi connectivity index (χ3n) is 5.19. The molecule has 0 radical (unpaired) electrons. The molecule has 0 aliphatic rings. The molecular weight excluding hydrogens is 468 g/mol. The highest BCUT2D eigenvalue weighted by Crippen LogP contribution is 2.15. The summed E-state index contributed by atoms with van der Waals surface area (Å²) >= 11 is 0. The third-order valence-corrected chi connectivity index (χ3v) is 5.19. The molecule has 0 aromatic heterocycles. The maximum Gasteiger partial charge on any atom is 0.524 e. The van der Waals surface area contributed by atoms with E-state index in [9.17, 15) is 18.8 Å². The van der Waals surface area contributed by atoms with Crippen LogP contribution in [0.2, 0.25) is 0 Å². The number of hydrogen-bond acceptors (Lipinski definition) is 6. The van der Waals surface area contributed by atoms with Crippen LogP contribution in [0.25, 0.3) is 0 Å². The highest BCUT2D eigenvalue weighted by Gasteiger charge is 2.29. The molecule has 10 heteroatoms. The molecular formula is C26H22B2F2O6. The lowest BCUT2D eigenvalue weighted by atomic mass is 9.78. The van der Waals surface area contributed by atoms with Crippen LogP contribution in [0, 0.1) is 11.6 Å². The lowest BCUT2D eigenvalue weighted by molar-refractivity contribution is -0.133. The highest BCUT2D eigenvalue weighted by atomic mass is 19.1. The van der Waals surface area contributed by atoms with E-state index in [2.05, 4.69) is 0 Å². The van der Waals surface area contributed by atoms with Gasteiger partial charge in [0.05, 0.1) is 0 Å². The fraction of sp³-hybridized carbons (Fsp3) is 0.0769. The zero-order valence-corrected chi connectivity index (χ0v) is 19.1. The van der Waals surface area contributed by atoms with Gasteiger partial charge in [-0.3, -0.25) is 9.61 Å².